The van der Waals surface area contributed by atoms with E-state index in [1.807, 2.05) is 0 Å². The van der Waals surface area contributed by atoms with Crippen molar-refractivity contribution in [1.29, 1.82) is 0 Å². The summed E-state index contributed by atoms with van der Waals surface area (Å²) in [5.41, 5.74) is 4.11. The molecule has 1 unspecified atom stereocenters. The molecule has 0 heterocycles. The number of hydrogen-bond donors (Lipinski definition) is 3. The van der Waals surface area contributed by atoms with Gasteiger partial charge in [-0.2, -0.15) is 0 Å². The van der Waals surface area contributed by atoms with Crippen LogP contribution in [0.25, 0.3) is 0 Å². The van der Waals surface area contributed by atoms with Crippen molar-refractivity contribution in [3.8, 4) is 0 Å². The second-order valence-electron chi connectivity index (χ2n) is 4.28. The van der Waals surface area contributed by atoms with Gasteiger partial charge in [0.25, 0.3) is 0 Å². The van der Waals surface area contributed by atoms with Gasteiger partial charge in [0.05, 0.1) is 6.54 Å². The highest BCUT2D eigenvalue weighted by atomic mass is 16.6. The van der Waals surface area contributed by atoms with Gasteiger partial charge in [-0.25, -0.2) is 4.79 Å². The lowest BCUT2D eigenvalue weighted by Crippen LogP contribution is -2.56. The third-order valence-corrected chi connectivity index (χ3v) is 1.88. The number of amides is 1. The fraction of sp³-hybridized carbons (Fsp3) is 0.500. The molecule has 0 spiro atoms. The van der Waals surface area contributed by atoms with Gasteiger partial charge < -0.3 is 20.9 Å². The Morgan fingerprint density at radius 2 is 1.89 bits per heavy atom. The van der Waals surface area contributed by atoms with E-state index in [-0.39, 0.29) is 19.6 Å². The Morgan fingerprint density at radius 1 is 1.33 bits per heavy atom. The molecular formula is C12H20N2O4. The van der Waals surface area contributed by atoms with E-state index in [0.717, 1.165) is 0 Å². The lowest BCUT2D eigenvalue weighted by atomic mass is 10.0. The van der Waals surface area contributed by atoms with Gasteiger partial charge in [0.15, 0.2) is 0 Å². The minimum atomic E-state index is -2.14. The van der Waals surface area contributed by atoms with Crippen molar-refractivity contribution in [2.75, 3.05) is 13.2 Å². The summed E-state index contributed by atoms with van der Waals surface area (Å²) >= 11 is 0. The Bertz CT molecular complexity index is 365. The van der Waals surface area contributed by atoms with E-state index in [1.54, 1.807) is 13.8 Å². The van der Waals surface area contributed by atoms with E-state index in [1.165, 1.54) is 0 Å². The molecule has 6 heteroatoms. The van der Waals surface area contributed by atoms with Crippen LogP contribution in [0.15, 0.2) is 24.3 Å². The minimum Gasteiger partial charge on any atom is -0.458 e. The van der Waals surface area contributed by atoms with Crippen molar-refractivity contribution in [2.24, 2.45) is 5.73 Å². The maximum absolute atomic E-state index is 11.7. The van der Waals surface area contributed by atoms with Crippen LogP contribution in [0.5, 0.6) is 0 Å². The maximum atomic E-state index is 11.7. The molecule has 0 saturated carbocycles. The lowest BCUT2D eigenvalue weighted by Gasteiger charge is -2.27. The number of ether oxygens (including phenoxy) is 1. The van der Waals surface area contributed by atoms with Crippen LogP contribution in [-0.2, 0) is 14.3 Å². The minimum absolute atomic E-state index is 0.0319. The number of esters is 1. The van der Waals surface area contributed by atoms with Gasteiger partial charge in [-0.05, 0) is 19.4 Å². The first-order chi connectivity index (χ1) is 8.21. The number of rotatable bonds is 7. The molecule has 6 nitrogen and oxygen atoms in total. The van der Waals surface area contributed by atoms with Gasteiger partial charge in [0.1, 0.15) is 6.61 Å². The quantitative estimate of drug-likeness (QED) is 0.333. The van der Waals surface area contributed by atoms with E-state index in [4.69, 9.17) is 10.5 Å². The van der Waals surface area contributed by atoms with Gasteiger partial charge in [0, 0.05) is 6.42 Å². The van der Waals surface area contributed by atoms with Crippen LogP contribution >= 0.6 is 0 Å². The molecule has 0 aromatic carbocycles. The van der Waals surface area contributed by atoms with Crippen LogP contribution < -0.4 is 11.1 Å². The highest BCUT2D eigenvalue weighted by Crippen LogP contribution is 2.15. The molecule has 0 bridgehead atoms. The molecule has 0 rings (SSSR count). The summed E-state index contributed by atoms with van der Waals surface area (Å²) in [6, 6.07) is 0. The second kappa shape index (κ2) is 6.93. The molecular weight excluding hydrogens is 236 g/mol. The first-order valence-electron chi connectivity index (χ1n) is 5.40. The molecule has 0 fully saturated rings. The third kappa shape index (κ3) is 5.60. The first-order valence-corrected chi connectivity index (χ1v) is 5.40. The zero-order chi connectivity index (χ0) is 14.3. The van der Waals surface area contributed by atoms with Crippen molar-refractivity contribution in [3.63, 3.8) is 0 Å². The zero-order valence-corrected chi connectivity index (χ0v) is 10.8. The number of nitrogens with one attached hydrogen (secondary N) is 1. The van der Waals surface area contributed by atoms with Crippen molar-refractivity contribution in [1.82, 2.24) is 5.32 Å². The molecule has 0 radical (unpaired) electrons. The fourth-order valence-corrected chi connectivity index (χ4v) is 1.19. The molecule has 102 valence electrons. The molecule has 0 aromatic heterocycles. The van der Waals surface area contributed by atoms with E-state index >= 15 is 0 Å². The molecule has 0 aliphatic carbocycles. The summed E-state index contributed by atoms with van der Waals surface area (Å²) in [7, 11) is 0. The van der Waals surface area contributed by atoms with E-state index in [0.29, 0.717) is 11.1 Å². The van der Waals surface area contributed by atoms with Crippen molar-refractivity contribution in [3.05, 3.63) is 24.3 Å². The van der Waals surface area contributed by atoms with Crippen molar-refractivity contribution < 1.29 is 19.4 Å². The number of carbonyl (C=O) groups is 2. The molecule has 0 saturated heterocycles. The summed E-state index contributed by atoms with van der Waals surface area (Å²) < 4.78 is 4.83. The van der Waals surface area contributed by atoms with Gasteiger partial charge >= 0.3 is 5.97 Å². The van der Waals surface area contributed by atoms with Gasteiger partial charge in [0.2, 0.25) is 11.6 Å². The SMILES string of the molecule is C=C(C)COC(=O)C(O)(CC(=C)C)NC(=O)CN. The van der Waals surface area contributed by atoms with Gasteiger partial charge in [-0.1, -0.05) is 18.7 Å². The predicted molar refractivity (Wildman–Crippen MR) is 67.4 cm³/mol. The third-order valence-electron chi connectivity index (χ3n) is 1.88. The van der Waals surface area contributed by atoms with Crippen molar-refractivity contribution >= 4 is 11.9 Å². The van der Waals surface area contributed by atoms with Crippen molar-refractivity contribution in [2.45, 2.75) is 26.0 Å². The van der Waals surface area contributed by atoms with Crippen LogP contribution in [0.3, 0.4) is 0 Å². The molecule has 0 aliphatic heterocycles. The normalized spacial score (nSPS) is 13.3. The highest BCUT2D eigenvalue weighted by Gasteiger charge is 2.39. The summed E-state index contributed by atoms with van der Waals surface area (Å²) in [4.78, 5) is 22.9. The Labute approximate surface area is 106 Å². The van der Waals surface area contributed by atoms with Crippen LogP contribution in [0.1, 0.15) is 20.3 Å². The predicted octanol–water partition coefficient (Wildman–Crippen LogP) is -0.165. The highest BCUT2D eigenvalue weighted by molar-refractivity contribution is 5.87. The summed E-state index contributed by atoms with van der Waals surface area (Å²) in [6.07, 6.45) is -0.145. The average molecular weight is 256 g/mol. The molecule has 0 aliphatic rings. The van der Waals surface area contributed by atoms with Gasteiger partial charge in [-0.15, -0.1) is 0 Å². The smallest absolute Gasteiger partial charge is 0.360 e. The van der Waals surface area contributed by atoms with E-state index in [2.05, 4.69) is 18.5 Å². The Kier molecular flexibility index (Phi) is 6.29. The number of hydrogen-bond acceptors (Lipinski definition) is 5. The van der Waals surface area contributed by atoms with Crippen LogP contribution in [0.4, 0.5) is 0 Å². The van der Waals surface area contributed by atoms with Crippen LogP contribution in [-0.4, -0.2) is 35.9 Å². The number of aliphatic hydroxyl groups is 1. The number of nitrogens with two attached hydrogens (primary N) is 1. The lowest BCUT2D eigenvalue weighted by molar-refractivity contribution is -0.170. The topological polar surface area (TPSA) is 102 Å². The second-order valence-corrected chi connectivity index (χ2v) is 4.28. The number of carbonyl (C=O) groups excluding carboxylic acids is 2. The first kappa shape index (κ1) is 16.3. The van der Waals surface area contributed by atoms with E-state index < -0.39 is 17.6 Å². The fourth-order valence-electron chi connectivity index (χ4n) is 1.19. The van der Waals surface area contributed by atoms with Crippen LogP contribution in [0, 0.1) is 0 Å². The standard InChI is InChI=1S/C12H20N2O4/c1-8(2)5-12(17,14-10(15)6-13)11(16)18-7-9(3)4/h17H,1,3,5-7,13H2,2,4H3,(H,14,15). The van der Waals surface area contributed by atoms with E-state index in [9.17, 15) is 14.7 Å². The summed E-state index contributed by atoms with van der Waals surface area (Å²) in [5.74, 6) is -1.62. The molecule has 1 atom stereocenters. The average Bonchev–Trinajstić information content (AvgIpc) is 2.24. The summed E-state index contributed by atoms with van der Waals surface area (Å²) in [6.45, 7) is 10.1. The summed E-state index contributed by atoms with van der Waals surface area (Å²) in [5, 5.41) is 12.2. The largest absolute Gasteiger partial charge is 0.458 e. The monoisotopic (exact) mass is 256 g/mol. The maximum Gasteiger partial charge on any atom is 0.360 e. The molecule has 18 heavy (non-hydrogen) atoms. The molecule has 1 amide bonds. The molecule has 4 N–H and O–H groups in total. The zero-order valence-electron chi connectivity index (χ0n) is 10.8. The molecule has 0 aromatic rings. The van der Waals surface area contributed by atoms with Gasteiger partial charge in [-0.3, -0.25) is 4.79 Å². The Hall–Kier alpha value is -1.66. The Balaban J connectivity index is 4.83. The van der Waals surface area contributed by atoms with Crippen LogP contribution in [0.2, 0.25) is 0 Å². The Morgan fingerprint density at radius 3 is 2.28 bits per heavy atom.